The number of hydrogen-bond donors (Lipinski definition) is 1. The Hall–Kier alpha value is -0.870. The fourth-order valence-corrected chi connectivity index (χ4v) is 1.40. The maximum absolute atomic E-state index is 5.20. The van der Waals surface area contributed by atoms with Crippen LogP contribution in [0.2, 0.25) is 0 Å². The molecule has 0 fully saturated rings. The van der Waals surface area contributed by atoms with Crippen molar-refractivity contribution in [3.05, 3.63) is 18.2 Å². The molecular weight excluding hydrogens is 190 g/mol. The summed E-state index contributed by atoms with van der Waals surface area (Å²) >= 11 is 0. The maximum Gasteiger partial charge on any atom is 0.0950 e. The number of ether oxygens (including phenoxy) is 1. The molecule has 0 saturated carbocycles. The van der Waals surface area contributed by atoms with Gasteiger partial charge in [-0.2, -0.15) is 0 Å². The summed E-state index contributed by atoms with van der Waals surface area (Å²) in [5.41, 5.74) is 1.14. The monoisotopic (exact) mass is 211 g/mol. The van der Waals surface area contributed by atoms with Crippen molar-refractivity contribution in [2.75, 3.05) is 20.2 Å². The molecule has 4 heteroatoms. The molecule has 0 aromatic carbocycles. The zero-order valence-corrected chi connectivity index (χ0v) is 9.86. The minimum atomic E-state index is 0.237. The van der Waals surface area contributed by atoms with E-state index >= 15 is 0 Å². The molecule has 0 aliphatic rings. The largest absolute Gasteiger partial charge is 0.380 e. The molecule has 0 spiro atoms. The predicted molar refractivity (Wildman–Crippen MR) is 60.9 cm³/mol. The first-order valence-electron chi connectivity index (χ1n) is 5.50. The molecule has 0 bridgehead atoms. The third-order valence-corrected chi connectivity index (χ3v) is 2.36. The van der Waals surface area contributed by atoms with Crippen LogP contribution in [0.15, 0.2) is 12.5 Å². The molecule has 1 heterocycles. The third-order valence-electron chi connectivity index (χ3n) is 2.36. The van der Waals surface area contributed by atoms with E-state index in [-0.39, 0.29) is 6.10 Å². The van der Waals surface area contributed by atoms with Crippen LogP contribution in [0.25, 0.3) is 0 Å². The van der Waals surface area contributed by atoms with Crippen LogP contribution in [0.4, 0.5) is 0 Å². The summed E-state index contributed by atoms with van der Waals surface area (Å²) in [6.45, 7) is 7.04. The highest BCUT2D eigenvalue weighted by molar-refractivity contribution is 4.97. The Kier molecular flexibility index (Phi) is 5.36. The van der Waals surface area contributed by atoms with Crippen LogP contribution in [-0.2, 0) is 17.7 Å². The van der Waals surface area contributed by atoms with Crippen molar-refractivity contribution in [1.82, 2.24) is 14.9 Å². The highest BCUT2D eigenvalue weighted by Crippen LogP contribution is 2.00. The second-order valence-electron chi connectivity index (χ2n) is 3.71. The van der Waals surface area contributed by atoms with Gasteiger partial charge in [-0.25, -0.2) is 4.98 Å². The molecular formula is C11H21N3O. The molecule has 0 amide bonds. The molecule has 0 aliphatic carbocycles. The van der Waals surface area contributed by atoms with Gasteiger partial charge in [0.1, 0.15) is 0 Å². The Labute approximate surface area is 91.7 Å². The van der Waals surface area contributed by atoms with E-state index in [1.807, 2.05) is 6.33 Å². The minimum absolute atomic E-state index is 0.237. The number of nitrogens with one attached hydrogen (secondary N) is 1. The van der Waals surface area contributed by atoms with Crippen LogP contribution in [0, 0.1) is 0 Å². The van der Waals surface area contributed by atoms with Crippen molar-refractivity contribution in [1.29, 1.82) is 0 Å². The summed E-state index contributed by atoms with van der Waals surface area (Å²) < 4.78 is 7.28. The average Bonchev–Trinajstić information content (AvgIpc) is 2.66. The number of rotatable bonds is 7. The Morgan fingerprint density at radius 3 is 3.07 bits per heavy atom. The van der Waals surface area contributed by atoms with Gasteiger partial charge in [-0.05, 0) is 13.5 Å². The lowest BCUT2D eigenvalue weighted by Gasteiger charge is -2.08. The van der Waals surface area contributed by atoms with Gasteiger partial charge in [-0.3, -0.25) is 0 Å². The SMILES string of the molecule is CCNCCc1cn(CC(C)OC)cn1. The fourth-order valence-electron chi connectivity index (χ4n) is 1.40. The summed E-state index contributed by atoms with van der Waals surface area (Å²) in [5.74, 6) is 0. The van der Waals surface area contributed by atoms with Crippen LogP contribution in [0.1, 0.15) is 19.5 Å². The van der Waals surface area contributed by atoms with Gasteiger partial charge >= 0.3 is 0 Å². The van der Waals surface area contributed by atoms with Crippen LogP contribution in [0.3, 0.4) is 0 Å². The van der Waals surface area contributed by atoms with Crippen molar-refractivity contribution in [2.45, 2.75) is 32.9 Å². The maximum atomic E-state index is 5.20. The van der Waals surface area contributed by atoms with Crippen molar-refractivity contribution in [2.24, 2.45) is 0 Å². The van der Waals surface area contributed by atoms with E-state index in [4.69, 9.17) is 4.74 Å². The van der Waals surface area contributed by atoms with Gasteiger partial charge in [0, 0.05) is 32.8 Å². The van der Waals surface area contributed by atoms with E-state index in [0.717, 1.165) is 31.7 Å². The molecule has 4 nitrogen and oxygen atoms in total. The van der Waals surface area contributed by atoms with Crippen molar-refractivity contribution >= 4 is 0 Å². The molecule has 86 valence electrons. The van der Waals surface area contributed by atoms with E-state index in [0.29, 0.717) is 0 Å². The van der Waals surface area contributed by atoms with E-state index in [1.54, 1.807) is 7.11 Å². The molecule has 0 radical (unpaired) electrons. The first kappa shape index (κ1) is 12.2. The summed E-state index contributed by atoms with van der Waals surface area (Å²) in [6, 6.07) is 0. The second kappa shape index (κ2) is 6.58. The van der Waals surface area contributed by atoms with Gasteiger partial charge in [0.15, 0.2) is 0 Å². The summed E-state index contributed by atoms with van der Waals surface area (Å²) in [7, 11) is 1.73. The first-order chi connectivity index (χ1) is 7.26. The highest BCUT2D eigenvalue weighted by atomic mass is 16.5. The van der Waals surface area contributed by atoms with E-state index < -0.39 is 0 Å². The van der Waals surface area contributed by atoms with E-state index in [1.165, 1.54) is 0 Å². The Morgan fingerprint density at radius 2 is 2.40 bits per heavy atom. The zero-order chi connectivity index (χ0) is 11.1. The predicted octanol–water partition coefficient (Wildman–Crippen LogP) is 1.07. The molecule has 1 N–H and O–H groups in total. The molecule has 1 aromatic heterocycles. The van der Waals surface area contributed by atoms with Crippen LogP contribution >= 0.6 is 0 Å². The minimum Gasteiger partial charge on any atom is -0.380 e. The number of nitrogens with zero attached hydrogens (tertiary/aromatic N) is 2. The number of likely N-dealkylation sites (N-methyl/N-ethyl adjacent to an activating group) is 1. The number of methoxy groups -OCH3 is 1. The van der Waals surface area contributed by atoms with Crippen molar-refractivity contribution in [3.8, 4) is 0 Å². The Morgan fingerprint density at radius 1 is 1.60 bits per heavy atom. The van der Waals surface area contributed by atoms with E-state index in [9.17, 15) is 0 Å². The fraction of sp³-hybridized carbons (Fsp3) is 0.727. The summed E-state index contributed by atoms with van der Waals surface area (Å²) in [6.07, 6.45) is 5.19. The molecule has 0 aliphatic heterocycles. The normalized spacial score (nSPS) is 13.0. The van der Waals surface area contributed by atoms with Gasteiger partial charge in [0.2, 0.25) is 0 Å². The number of aromatic nitrogens is 2. The van der Waals surface area contributed by atoms with Crippen LogP contribution in [0.5, 0.6) is 0 Å². The average molecular weight is 211 g/mol. The lowest BCUT2D eigenvalue weighted by atomic mass is 10.3. The number of imidazole rings is 1. The van der Waals surface area contributed by atoms with Gasteiger partial charge in [-0.1, -0.05) is 6.92 Å². The lowest BCUT2D eigenvalue weighted by Crippen LogP contribution is -2.16. The van der Waals surface area contributed by atoms with E-state index in [2.05, 4.69) is 34.9 Å². The number of hydrogen-bond acceptors (Lipinski definition) is 3. The molecule has 1 rings (SSSR count). The molecule has 1 unspecified atom stereocenters. The lowest BCUT2D eigenvalue weighted by molar-refractivity contribution is 0.103. The Balaban J connectivity index is 2.35. The molecule has 15 heavy (non-hydrogen) atoms. The van der Waals surface area contributed by atoms with Gasteiger partial charge < -0.3 is 14.6 Å². The summed E-state index contributed by atoms with van der Waals surface area (Å²) in [4.78, 5) is 4.34. The van der Waals surface area contributed by atoms with Crippen LogP contribution < -0.4 is 5.32 Å². The van der Waals surface area contributed by atoms with Crippen molar-refractivity contribution in [3.63, 3.8) is 0 Å². The zero-order valence-electron chi connectivity index (χ0n) is 9.86. The highest BCUT2D eigenvalue weighted by Gasteiger charge is 2.02. The summed E-state index contributed by atoms with van der Waals surface area (Å²) in [5, 5.41) is 3.28. The Bertz CT molecular complexity index is 273. The smallest absolute Gasteiger partial charge is 0.0950 e. The molecule has 1 aromatic rings. The van der Waals surface area contributed by atoms with Gasteiger partial charge in [0.25, 0.3) is 0 Å². The molecule has 1 atom stereocenters. The quantitative estimate of drug-likeness (QED) is 0.686. The van der Waals surface area contributed by atoms with Gasteiger partial charge in [-0.15, -0.1) is 0 Å². The standard InChI is InChI=1S/C11H21N3O/c1-4-12-6-5-11-8-14(9-13-11)7-10(2)15-3/h8-10,12H,4-7H2,1-3H3. The topological polar surface area (TPSA) is 39.1 Å². The third kappa shape index (κ3) is 4.44. The first-order valence-corrected chi connectivity index (χ1v) is 5.50. The van der Waals surface area contributed by atoms with Gasteiger partial charge in [0.05, 0.1) is 18.1 Å². The van der Waals surface area contributed by atoms with Crippen molar-refractivity contribution < 1.29 is 4.74 Å². The molecule has 0 saturated heterocycles. The second-order valence-corrected chi connectivity index (χ2v) is 3.71. The van der Waals surface area contributed by atoms with Crippen LogP contribution in [-0.4, -0.2) is 35.9 Å².